The van der Waals surface area contributed by atoms with E-state index in [-0.39, 0.29) is 18.7 Å². The predicted octanol–water partition coefficient (Wildman–Crippen LogP) is 3.05. The molecule has 1 atom stereocenters. The Balaban J connectivity index is 1.62. The van der Waals surface area contributed by atoms with E-state index in [4.69, 9.17) is 10.00 Å². The fourth-order valence-electron chi connectivity index (χ4n) is 3.35. The minimum absolute atomic E-state index is 0.0401. The van der Waals surface area contributed by atoms with Crippen LogP contribution in [0.1, 0.15) is 32.3 Å². The van der Waals surface area contributed by atoms with Crippen molar-refractivity contribution in [1.82, 2.24) is 9.13 Å². The van der Waals surface area contributed by atoms with Crippen LogP contribution in [-0.2, 0) is 27.4 Å². The number of para-hydroxylation sites is 2. The highest BCUT2D eigenvalue weighted by molar-refractivity contribution is 5.95. The number of anilines is 1. The van der Waals surface area contributed by atoms with Gasteiger partial charge in [0.1, 0.15) is 0 Å². The van der Waals surface area contributed by atoms with E-state index >= 15 is 0 Å². The summed E-state index contributed by atoms with van der Waals surface area (Å²) in [5, 5.41) is 11.6. The number of benzene rings is 2. The van der Waals surface area contributed by atoms with E-state index in [1.165, 1.54) is 13.0 Å². The van der Waals surface area contributed by atoms with Gasteiger partial charge in [-0.2, -0.15) is 5.26 Å². The summed E-state index contributed by atoms with van der Waals surface area (Å²) >= 11 is 0. The van der Waals surface area contributed by atoms with Crippen LogP contribution >= 0.6 is 0 Å². The number of esters is 1. The molecule has 3 aromatic rings. The molecule has 1 N–H and O–H groups in total. The average Bonchev–Trinajstić information content (AvgIpc) is 3.03. The van der Waals surface area contributed by atoms with Crippen molar-refractivity contribution >= 4 is 28.6 Å². The van der Waals surface area contributed by atoms with E-state index in [1.807, 2.05) is 37.3 Å². The van der Waals surface area contributed by atoms with Crippen LogP contribution in [0.3, 0.4) is 0 Å². The van der Waals surface area contributed by atoms with Crippen molar-refractivity contribution in [2.45, 2.75) is 45.9 Å². The van der Waals surface area contributed by atoms with Crippen molar-refractivity contribution in [3.05, 3.63) is 64.6 Å². The van der Waals surface area contributed by atoms with Crippen molar-refractivity contribution < 1.29 is 14.3 Å². The van der Waals surface area contributed by atoms with E-state index in [9.17, 15) is 14.4 Å². The highest BCUT2D eigenvalue weighted by Crippen LogP contribution is 2.14. The number of nitrogens with one attached hydrogen (secondary N) is 1. The minimum Gasteiger partial charge on any atom is -0.452 e. The van der Waals surface area contributed by atoms with Gasteiger partial charge in [0.05, 0.1) is 29.1 Å². The lowest BCUT2D eigenvalue weighted by Gasteiger charge is -2.14. The number of amides is 1. The number of carbonyl (C=O) groups excluding carboxylic acids is 2. The standard InChI is InChI=1S/C23H24N4O4/c1-3-12-26-19-9-4-5-10-20(19)27(23(26)30)13-11-21(28)31-16(2)22(29)25-18-8-6-7-17(14-18)15-24/h4-10,14,16H,3,11-13H2,1-2H3,(H,25,29)/t16-/m1/s1. The average molecular weight is 420 g/mol. The fraction of sp³-hybridized carbons (Fsp3) is 0.304. The van der Waals surface area contributed by atoms with Crippen LogP contribution < -0.4 is 11.0 Å². The first-order valence-electron chi connectivity index (χ1n) is 10.1. The quantitative estimate of drug-likeness (QED) is 0.564. The van der Waals surface area contributed by atoms with E-state index in [0.717, 1.165) is 17.5 Å². The molecule has 0 fully saturated rings. The van der Waals surface area contributed by atoms with E-state index in [0.29, 0.717) is 17.8 Å². The van der Waals surface area contributed by atoms with Crippen LogP contribution in [0, 0.1) is 11.3 Å². The Morgan fingerprint density at radius 2 is 1.77 bits per heavy atom. The lowest BCUT2D eigenvalue weighted by Crippen LogP contribution is -2.31. The molecule has 0 unspecified atom stereocenters. The van der Waals surface area contributed by atoms with Gasteiger partial charge in [0, 0.05) is 18.8 Å². The number of nitriles is 1. The molecule has 0 bridgehead atoms. The number of fused-ring (bicyclic) bond motifs is 1. The van der Waals surface area contributed by atoms with Gasteiger partial charge in [0.2, 0.25) is 0 Å². The molecule has 8 heteroatoms. The number of hydrogen-bond donors (Lipinski definition) is 1. The van der Waals surface area contributed by atoms with Crippen LogP contribution in [-0.4, -0.2) is 27.1 Å². The molecular weight excluding hydrogens is 396 g/mol. The number of carbonyl (C=O) groups is 2. The SMILES string of the molecule is CCCn1c(=O)n(CCC(=O)O[C@H](C)C(=O)Nc2cccc(C#N)c2)c2ccccc21. The Kier molecular flexibility index (Phi) is 6.88. The number of aromatic nitrogens is 2. The summed E-state index contributed by atoms with van der Waals surface area (Å²) in [6.45, 7) is 4.23. The molecule has 0 saturated carbocycles. The lowest BCUT2D eigenvalue weighted by atomic mass is 10.2. The predicted molar refractivity (Wildman–Crippen MR) is 116 cm³/mol. The normalized spacial score (nSPS) is 11.6. The number of ether oxygens (including phenoxy) is 1. The molecule has 160 valence electrons. The van der Waals surface area contributed by atoms with Crippen molar-refractivity contribution in [1.29, 1.82) is 5.26 Å². The molecule has 31 heavy (non-hydrogen) atoms. The molecule has 0 aliphatic rings. The zero-order valence-corrected chi connectivity index (χ0v) is 17.5. The number of rotatable bonds is 8. The third-order valence-corrected chi connectivity index (χ3v) is 4.85. The first-order chi connectivity index (χ1) is 14.9. The van der Waals surface area contributed by atoms with Gasteiger partial charge < -0.3 is 10.1 Å². The molecule has 0 radical (unpaired) electrons. The van der Waals surface area contributed by atoms with E-state index in [1.54, 1.807) is 27.3 Å². The van der Waals surface area contributed by atoms with E-state index in [2.05, 4.69) is 5.32 Å². The lowest BCUT2D eigenvalue weighted by molar-refractivity contribution is -0.153. The van der Waals surface area contributed by atoms with Gasteiger partial charge in [-0.25, -0.2) is 4.79 Å². The molecular formula is C23H24N4O4. The fourth-order valence-corrected chi connectivity index (χ4v) is 3.35. The number of hydrogen-bond acceptors (Lipinski definition) is 5. The summed E-state index contributed by atoms with van der Waals surface area (Å²) in [5.41, 5.74) is 2.28. The van der Waals surface area contributed by atoms with Gasteiger partial charge in [0.15, 0.2) is 6.10 Å². The molecule has 2 aromatic carbocycles. The summed E-state index contributed by atoms with van der Waals surface area (Å²) in [5.74, 6) is -1.08. The zero-order chi connectivity index (χ0) is 22.4. The summed E-state index contributed by atoms with van der Waals surface area (Å²) in [4.78, 5) is 37.4. The number of imidazole rings is 1. The van der Waals surface area contributed by atoms with Crippen LogP contribution in [0.4, 0.5) is 5.69 Å². The Hall–Kier alpha value is -3.86. The van der Waals surface area contributed by atoms with Gasteiger partial charge in [-0.1, -0.05) is 25.1 Å². The summed E-state index contributed by atoms with van der Waals surface area (Å²) in [6.07, 6.45) is -0.238. The van der Waals surface area contributed by atoms with Gasteiger partial charge in [0.25, 0.3) is 5.91 Å². The third-order valence-electron chi connectivity index (χ3n) is 4.85. The molecule has 0 aliphatic heterocycles. The maximum absolute atomic E-state index is 12.8. The van der Waals surface area contributed by atoms with Gasteiger partial charge >= 0.3 is 11.7 Å². The Morgan fingerprint density at radius 3 is 2.42 bits per heavy atom. The van der Waals surface area contributed by atoms with Crippen LogP contribution in [0.2, 0.25) is 0 Å². The van der Waals surface area contributed by atoms with Crippen molar-refractivity contribution in [3.63, 3.8) is 0 Å². The second-order valence-corrected chi connectivity index (χ2v) is 7.14. The molecule has 0 saturated heterocycles. The van der Waals surface area contributed by atoms with Crippen LogP contribution in [0.25, 0.3) is 11.0 Å². The van der Waals surface area contributed by atoms with Gasteiger partial charge in [-0.3, -0.25) is 18.7 Å². The molecule has 1 heterocycles. The smallest absolute Gasteiger partial charge is 0.329 e. The largest absolute Gasteiger partial charge is 0.452 e. The Bertz CT molecular complexity index is 1200. The molecule has 1 amide bonds. The third kappa shape index (κ3) is 5.01. The second-order valence-electron chi connectivity index (χ2n) is 7.14. The van der Waals surface area contributed by atoms with Crippen molar-refractivity contribution in [3.8, 4) is 6.07 Å². The Morgan fingerprint density at radius 1 is 1.10 bits per heavy atom. The minimum atomic E-state index is -1.02. The molecule has 8 nitrogen and oxygen atoms in total. The first-order valence-corrected chi connectivity index (χ1v) is 10.1. The summed E-state index contributed by atoms with van der Waals surface area (Å²) < 4.78 is 8.49. The summed E-state index contributed by atoms with van der Waals surface area (Å²) in [7, 11) is 0. The first kappa shape index (κ1) is 21.8. The van der Waals surface area contributed by atoms with Gasteiger partial charge in [-0.15, -0.1) is 0 Å². The highest BCUT2D eigenvalue weighted by atomic mass is 16.5. The topological polar surface area (TPSA) is 106 Å². The molecule has 1 aromatic heterocycles. The van der Waals surface area contributed by atoms with E-state index < -0.39 is 18.0 Å². The number of aryl methyl sites for hydroxylation is 2. The number of nitrogens with zero attached hydrogens (tertiary/aromatic N) is 3. The monoisotopic (exact) mass is 420 g/mol. The van der Waals surface area contributed by atoms with Crippen LogP contribution in [0.5, 0.6) is 0 Å². The van der Waals surface area contributed by atoms with Crippen molar-refractivity contribution in [2.24, 2.45) is 0 Å². The molecule has 0 spiro atoms. The Labute approximate surface area is 179 Å². The maximum Gasteiger partial charge on any atom is 0.329 e. The maximum atomic E-state index is 12.8. The summed E-state index contributed by atoms with van der Waals surface area (Å²) in [6, 6.07) is 15.9. The molecule has 3 rings (SSSR count). The zero-order valence-electron chi connectivity index (χ0n) is 17.5. The van der Waals surface area contributed by atoms with Crippen molar-refractivity contribution in [2.75, 3.05) is 5.32 Å². The highest BCUT2D eigenvalue weighted by Gasteiger charge is 2.19. The van der Waals surface area contributed by atoms with Crippen LogP contribution in [0.15, 0.2) is 53.3 Å². The molecule has 0 aliphatic carbocycles. The second kappa shape index (κ2) is 9.76. The van der Waals surface area contributed by atoms with Gasteiger partial charge in [-0.05, 0) is 43.7 Å².